The Morgan fingerprint density at radius 3 is 2.52 bits per heavy atom. The van der Waals surface area contributed by atoms with E-state index in [9.17, 15) is 18.0 Å². The summed E-state index contributed by atoms with van der Waals surface area (Å²) in [5.74, 6) is -0.662. The van der Waals surface area contributed by atoms with Crippen molar-refractivity contribution in [1.29, 1.82) is 0 Å². The number of nitrogens with zero attached hydrogens (tertiary/aromatic N) is 3. The molecule has 1 saturated heterocycles. The lowest BCUT2D eigenvalue weighted by molar-refractivity contribution is -0.122. The van der Waals surface area contributed by atoms with Gasteiger partial charge in [0.1, 0.15) is 0 Å². The summed E-state index contributed by atoms with van der Waals surface area (Å²) in [4.78, 5) is 28.8. The second kappa shape index (κ2) is 7.87. The Labute approximate surface area is 162 Å². The van der Waals surface area contributed by atoms with Crippen LogP contribution < -0.4 is 4.80 Å². The van der Waals surface area contributed by atoms with Gasteiger partial charge in [-0.25, -0.2) is 8.42 Å². The molecule has 2 heterocycles. The molecule has 0 saturated carbocycles. The number of sulfonamides is 1. The summed E-state index contributed by atoms with van der Waals surface area (Å²) < 4.78 is 28.8. The number of carbonyl (C=O) groups excluding carboxylic acids is 2. The maximum Gasteiger partial charge on any atom is 0.251 e. The van der Waals surface area contributed by atoms with Crippen molar-refractivity contribution in [3.05, 3.63) is 46.2 Å². The number of aryl methyl sites for hydroxylation is 1. The highest BCUT2D eigenvalue weighted by Crippen LogP contribution is 2.25. The summed E-state index contributed by atoms with van der Waals surface area (Å²) in [7, 11) is -1.86. The molecule has 0 radical (unpaired) electrons. The molecule has 0 N–H and O–H groups in total. The molecular weight excluding hydrogens is 386 g/mol. The van der Waals surface area contributed by atoms with Crippen molar-refractivity contribution in [2.45, 2.75) is 24.7 Å². The molecule has 1 aliphatic heterocycles. The molecule has 7 nitrogen and oxygen atoms in total. The van der Waals surface area contributed by atoms with Crippen LogP contribution in [-0.2, 0) is 21.9 Å². The molecule has 1 aliphatic rings. The molecule has 1 amide bonds. The van der Waals surface area contributed by atoms with Gasteiger partial charge in [0.2, 0.25) is 10.0 Å². The quantitative estimate of drug-likeness (QED) is 0.723. The van der Waals surface area contributed by atoms with Crippen LogP contribution in [0.1, 0.15) is 30.1 Å². The van der Waals surface area contributed by atoms with E-state index in [-0.39, 0.29) is 35.6 Å². The monoisotopic (exact) mass is 407 g/mol. The summed E-state index contributed by atoms with van der Waals surface area (Å²) in [6, 6.07) is 6.06. The Balaban J connectivity index is 1.71. The van der Waals surface area contributed by atoms with Gasteiger partial charge >= 0.3 is 0 Å². The van der Waals surface area contributed by atoms with Gasteiger partial charge in [-0.1, -0.05) is 12.1 Å². The van der Waals surface area contributed by atoms with Gasteiger partial charge in [-0.2, -0.15) is 9.30 Å². The van der Waals surface area contributed by atoms with E-state index in [1.807, 2.05) is 18.6 Å². The van der Waals surface area contributed by atoms with Crippen LogP contribution in [0.4, 0.5) is 0 Å². The molecule has 144 valence electrons. The van der Waals surface area contributed by atoms with Gasteiger partial charge in [0.15, 0.2) is 10.6 Å². The maximum absolute atomic E-state index is 12.8. The largest absolute Gasteiger partial charge is 0.327 e. The summed E-state index contributed by atoms with van der Waals surface area (Å²) in [6.45, 7) is 1.92. The average Bonchev–Trinajstić information content (AvgIpc) is 3.06. The van der Waals surface area contributed by atoms with E-state index in [0.29, 0.717) is 23.2 Å². The Morgan fingerprint density at radius 1 is 1.22 bits per heavy atom. The van der Waals surface area contributed by atoms with Gasteiger partial charge < -0.3 is 4.57 Å². The first-order valence-electron chi connectivity index (χ1n) is 8.59. The lowest BCUT2D eigenvalue weighted by atomic mass is 9.98. The van der Waals surface area contributed by atoms with Crippen LogP contribution in [-0.4, -0.2) is 42.1 Å². The van der Waals surface area contributed by atoms with Crippen LogP contribution in [0.15, 0.2) is 45.7 Å². The molecular formula is C18H21N3O4S2. The van der Waals surface area contributed by atoms with Crippen LogP contribution >= 0.6 is 11.3 Å². The number of piperidine rings is 1. The first kappa shape index (κ1) is 19.7. The zero-order valence-electron chi connectivity index (χ0n) is 15.2. The highest BCUT2D eigenvalue weighted by Gasteiger charge is 2.32. The third-order valence-electron chi connectivity index (χ3n) is 4.65. The Morgan fingerprint density at radius 2 is 1.93 bits per heavy atom. The van der Waals surface area contributed by atoms with Gasteiger partial charge in [0, 0.05) is 43.2 Å². The van der Waals surface area contributed by atoms with E-state index in [0.717, 1.165) is 0 Å². The van der Waals surface area contributed by atoms with E-state index in [1.165, 1.54) is 34.7 Å². The van der Waals surface area contributed by atoms with Crippen LogP contribution in [0.3, 0.4) is 0 Å². The molecule has 0 aliphatic carbocycles. The predicted octanol–water partition coefficient (Wildman–Crippen LogP) is 1.82. The third-order valence-corrected chi connectivity index (χ3v) is 7.39. The van der Waals surface area contributed by atoms with Crippen molar-refractivity contribution in [2.24, 2.45) is 18.0 Å². The number of Topliss-reactive ketones (excluding diaryl/α,β-unsaturated/α-hetero) is 1. The van der Waals surface area contributed by atoms with E-state index in [1.54, 1.807) is 16.7 Å². The molecule has 1 fully saturated rings. The van der Waals surface area contributed by atoms with Crippen molar-refractivity contribution in [3.63, 3.8) is 0 Å². The Kier molecular flexibility index (Phi) is 5.73. The van der Waals surface area contributed by atoms with Gasteiger partial charge in [-0.05, 0) is 31.9 Å². The van der Waals surface area contributed by atoms with E-state index >= 15 is 0 Å². The fraction of sp³-hybridized carbons (Fsp3) is 0.389. The molecule has 1 aromatic heterocycles. The molecule has 1 aromatic carbocycles. The lowest BCUT2D eigenvalue weighted by Gasteiger charge is -2.29. The maximum atomic E-state index is 12.8. The van der Waals surface area contributed by atoms with Crippen molar-refractivity contribution >= 4 is 33.1 Å². The van der Waals surface area contributed by atoms with Crippen molar-refractivity contribution in [2.75, 3.05) is 13.1 Å². The van der Waals surface area contributed by atoms with Gasteiger partial charge in [0.25, 0.3) is 5.91 Å². The van der Waals surface area contributed by atoms with Crippen molar-refractivity contribution < 1.29 is 18.0 Å². The summed E-state index contributed by atoms with van der Waals surface area (Å²) in [6.07, 6.45) is 2.70. The predicted molar refractivity (Wildman–Crippen MR) is 102 cm³/mol. The zero-order valence-corrected chi connectivity index (χ0v) is 16.8. The molecule has 0 atom stereocenters. The second-order valence-electron chi connectivity index (χ2n) is 6.51. The number of aromatic nitrogens is 1. The molecule has 27 heavy (non-hydrogen) atoms. The molecule has 0 spiro atoms. The molecule has 2 aromatic rings. The standard InChI is InChI=1S/C18H21N3O4S2/c1-13(22)15-4-3-5-16(12-15)27(24,25)21-8-6-14(7-9-21)17(23)19-18-20(2)10-11-26-18/h3-5,10-12,14H,6-9H2,1-2H3. The van der Waals surface area contributed by atoms with E-state index in [2.05, 4.69) is 4.99 Å². The molecule has 9 heteroatoms. The number of carbonyl (C=O) groups is 2. The highest BCUT2D eigenvalue weighted by molar-refractivity contribution is 7.89. The highest BCUT2D eigenvalue weighted by atomic mass is 32.2. The first-order valence-corrected chi connectivity index (χ1v) is 10.9. The minimum Gasteiger partial charge on any atom is -0.327 e. The van der Waals surface area contributed by atoms with Gasteiger partial charge in [-0.3, -0.25) is 9.59 Å². The number of thiazole rings is 1. The lowest BCUT2D eigenvalue weighted by Crippen LogP contribution is -2.40. The number of hydrogen-bond donors (Lipinski definition) is 0. The summed E-state index contributed by atoms with van der Waals surface area (Å²) in [5, 5.41) is 1.86. The molecule has 0 unspecified atom stereocenters. The van der Waals surface area contributed by atoms with Crippen LogP contribution in [0.25, 0.3) is 0 Å². The normalized spacial score (nSPS) is 17.2. The van der Waals surface area contributed by atoms with E-state index in [4.69, 9.17) is 0 Å². The smallest absolute Gasteiger partial charge is 0.251 e. The summed E-state index contributed by atoms with van der Waals surface area (Å²) in [5.41, 5.74) is 0.365. The fourth-order valence-electron chi connectivity index (χ4n) is 2.99. The van der Waals surface area contributed by atoms with Crippen LogP contribution in [0.2, 0.25) is 0 Å². The van der Waals surface area contributed by atoms with Gasteiger partial charge in [0.05, 0.1) is 4.90 Å². The average molecular weight is 408 g/mol. The van der Waals surface area contributed by atoms with Crippen molar-refractivity contribution in [1.82, 2.24) is 8.87 Å². The fourth-order valence-corrected chi connectivity index (χ4v) is 5.24. The Bertz CT molecular complexity index is 1030. The minimum absolute atomic E-state index is 0.107. The van der Waals surface area contributed by atoms with Crippen molar-refractivity contribution in [3.8, 4) is 0 Å². The zero-order chi connectivity index (χ0) is 19.6. The molecule has 3 rings (SSSR count). The van der Waals surface area contributed by atoms with Gasteiger partial charge in [-0.15, -0.1) is 11.3 Å². The number of rotatable bonds is 4. The van der Waals surface area contributed by atoms with Crippen LogP contribution in [0, 0.1) is 5.92 Å². The minimum atomic E-state index is -3.69. The number of benzene rings is 1. The topological polar surface area (TPSA) is 88.8 Å². The number of ketones is 1. The van der Waals surface area contributed by atoms with E-state index < -0.39 is 10.0 Å². The number of amides is 1. The summed E-state index contributed by atoms with van der Waals surface area (Å²) >= 11 is 1.39. The third kappa shape index (κ3) is 4.26. The molecule has 0 bridgehead atoms. The SMILES string of the molecule is CC(=O)c1cccc(S(=O)(=O)N2CCC(C(=O)N=c3sccn3C)CC2)c1. The number of hydrogen-bond acceptors (Lipinski definition) is 5. The first-order chi connectivity index (χ1) is 12.8. The second-order valence-corrected chi connectivity index (χ2v) is 9.32. The Hall–Kier alpha value is -2.10. The van der Waals surface area contributed by atoms with Crippen LogP contribution in [0.5, 0.6) is 0 Å².